The summed E-state index contributed by atoms with van der Waals surface area (Å²) in [7, 11) is 0. The molecule has 0 aliphatic carbocycles. The zero-order valence-corrected chi connectivity index (χ0v) is 11.9. The number of aromatic nitrogens is 2. The lowest BCUT2D eigenvalue weighted by atomic mass is 10.1. The molecule has 20 heavy (non-hydrogen) atoms. The van der Waals surface area contributed by atoms with E-state index >= 15 is 0 Å². The van der Waals surface area contributed by atoms with E-state index in [-0.39, 0.29) is 5.56 Å². The van der Waals surface area contributed by atoms with Crippen LogP contribution in [0.1, 0.15) is 24.7 Å². The number of H-pyrrole nitrogens is 1. The first-order valence-electron chi connectivity index (χ1n) is 6.18. The maximum atomic E-state index is 13.3. The van der Waals surface area contributed by atoms with E-state index in [9.17, 15) is 13.2 Å². The van der Waals surface area contributed by atoms with E-state index in [4.69, 9.17) is 12.2 Å². The number of nitrogens with zero attached hydrogens (tertiary/aromatic N) is 1. The van der Waals surface area contributed by atoms with Crippen molar-refractivity contribution < 1.29 is 13.2 Å². The average Bonchev–Trinajstić information content (AvgIpc) is 2.39. The van der Waals surface area contributed by atoms with Crippen LogP contribution >= 0.6 is 12.2 Å². The van der Waals surface area contributed by atoms with Crippen molar-refractivity contribution in [2.75, 3.05) is 0 Å². The molecule has 0 spiro atoms. The third kappa shape index (κ3) is 2.75. The minimum absolute atomic E-state index is 0.213. The molecule has 1 aromatic heterocycles. The Morgan fingerprint density at radius 1 is 1.20 bits per heavy atom. The summed E-state index contributed by atoms with van der Waals surface area (Å²) in [6, 6.07) is 1.89. The summed E-state index contributed by atoms with van der Waals surface area (Å²) in [5.74, 6) is -3.30. The summed E-state index contributed by atoms with van der Waals surface area (Å²) in [6.45, 7) is 3.69. The largest absolute Gasteiger partial charge is 0.343 e. The van der Waals surface area contributed by atoms with E-state index in [1.54, 1.807) is 6.92 Å². The molecule has 0 atom stereocenters. The molecule has 0 amide bonds. The Morgan fingerprint density at radius 3 is 2.35 bits per heavy atom. The van der Waals surface area contributed by atoms with E-state index in [0.717, 1.165) is 18.6 Å². The summed E-state index contributed by atoms with van der Waals surface area (Å²) in [4.78, 5) is 7.22. The third-order valence-electron chi connectivity index (χ3n) is 2.96. The summed E-state index contributed by atoms with van der Waals surface area (Å²) < 4.78 is 40.1. The van der Waals surface area contributed by atoms with Crippen molar-refractivity contribution in [1.29, 1.82) is 0 Å². The van der Waals surface area contributed by atoms with Crippen molar-refractivity contribution in [3.63, 3.8) is 0 Å². The number of rotatable bonds is 3. The SMILES string of the molecule is CCCc1nc(=S)c(C)c(-c2cc(F)c(F)c(F)c2)[nH]1. The molecule has 0 fully saturated rings. The Morgan fingerprint density at radius 2 is 1.80 bits per heavy atom. The van der Waals surface area contributed by atoms with Crippen molar-refractivity contribution in [1.82, 2.24) is 9.97 Å². The van der Waals surface area contributed by atoms with Gasteiger partial charge in [0.1, 0.15) is 10.5 Å². The van der Waals surface area contributed by atoms with Gasteiger partial charge >= 0.3 is 0 Å². The zero-order valence-electron chi connectivity index (χ0n) is 11.1. The van der Waals surface area contributed by atoms with E-state index in [1.165, 1.54) is 0 Å². The number of hydrogen-bond donors (Lipinski definition) is 1. The number of benzene rings is 1. The Balaban J connectivity index is 2.65. The fourth-order valence-corrected chi connectivity index (χ4v) is 2.14. The molecular weight excluding hydrogens is 285 g/mol. The predicted molar refractivity (Wildman–Crippen MR) is 73.5 cm³/mol. The maximum absolute atomic E-state index is 13.3. The average molecular weight is 298 g/mol. The molecule has 0 radical (unpaired) electrons. The van der Waals surface area contributed by atoms with Crippen LogP contribution in [0.15, 0.2) is 12.1 Å². The first-order valence-corrected chi connectivity index (χ1v) is 6.59. The minimum atomic E-state index is -1.48. The molecule has 0 unspecified atom stereocenters. The highest BCUT2D eigenvalue weighted by Crippen LogP contribution is 2.25. The van der Waals surface area contributed by atoms with Crippen molar-refractivity contribution in [2.24, 2.45) is 0 Å². The molecule has 1 N–H and O–H groups in total. The third-order valence-corrected chi connectivity index (χ3v) is 3.36. The fourth-order valence-electron chi connectivity index (χ4n) is 1.92. The molecule has 2 rings (SSSR count). The highest BCUT2D eigenvalue weighted by molar-refractivity contribution is 7.71. The Kier molecular flexibility index (Phi) is 4.23. The van der Waals surface area contributed by atoms with Crippen molar-refractivity contribution in [2.45, 2.75) is 26.7 Å². The van der Waals surface area contributed by atoms with Crippen LogP contribution in [0, 0.1) is 29.0 Å². The van der Waals surface area contributed by atoms with Crippen LogP contribution in [0.2, 0.25) is 0 Å². The van der Waals surface area contributed by atoms with Gasteiger partial charge in [0, 0.05) is 17.5 Å². The molecule has 0 aliphatic heterocycles. The van der Waals surface area contributed by atoms with Gasteiger partial charge in [0.25, 0.3) is 0 Å². The van der Waals surface area contributed by atoms with Gasteiger partial charge in [-0.15, -0.1) is 0 Å². The fraction of sp³-hybridized carbons (Fsp3) is 0.286. The number of aryl methyl sites for hydroxylation is 1. The molecule has 0 bridgehead atoms. The lowest BCUT2D eigenvalue weighted by Gasteiger charge is -2.10. The molecule has 1 heterocycles. The second-order valence-electron chi connectivity index (χ2n) is 4.49. The normalized spacial score (nSPS) is 10.8. The van der Waals surface area contributed by atoms with Gasteiger partial charge in [-0.2, -0.15) is 0 Å². The monoisotopic (exact) mass is 298 g/mol. The second-order valence-corrected chi connectivity index (χ2v) is 4.88. The minimum Gasteiger partial charge on any atom is -0.343 e. The second kappa shape index (κ2) is 5.75. The molecule has 0 saturated carbocycles. The van der Waals surface area contributed by atoms with Crippen LogP contribution in [0.5, 0.6) is 0 Å². The van der Waals surface area contributed by atoms with Gasteiger partial charge in [0.05, 0.1) is 5.69 Å². The molecule has 0 aliphatic rings. The van der Waals surface area contributed by atoms with Crippen molar-refractivity contribution in [3.05, 3.63) is 45.6 Å². The quantitative estimate of drug-likeness (QED) is 0.668. The van der Waals surface area contributed by atoms with Crippen molar-refractivity contribution in [3.8, 4) is 11.3 Å². The number of aromatic amines is 1. The summed E-state index contributed by atoms with van der Waals surface area (Å²) in [5, 5.41) is 0. The van der Waals surface area contributed by atoms with Gasteiger partial charge in [-0.25, -0.2) is 18.2 Å². The number of nitrogens with one attached hydrogen (secondary N) is 1. The highest BCUT2D eigenvalue weighted by atomic mass is 32.1. The predicted octanol–water partition coefficient (Wildman–Crippen LogP) is 4.48. The van der Waals surface area contributed by atoms with E-state index < -0.39 is 17.5 Å². The van der Waals surface area contributed by atoms with Crippen LogP contribution < -0.4 is 0 Å². The summed E-state index contributed by atoms with van der Waals surface area (Å²) >= 11 is 5.14. The van der Waals surface area contributed by atoms with Gasteiger partial charge in [-0.1, -0.05) is 19.1 Å². The summed E-state index contributed by atoms with van der Waals surface area (Å²) in [6.07, 6.45) is 1.52. The van der Waals surface area contributed by atoms with Crippen LogP contribution in [0.4, 0.5) is 13.2 Å². The van der Waals surface area contributed by atoms with Crippen LogP contribution in [-0.2, 0) is 6.42 Å². The van der Waals surface area contributed by atoms with Gasteiger partial charge < -0.3 is 4.98 Å². The highest BCUT2D eigenvalue weighted by Gasteiger charge is 2.14. The van der Waals surface area contributed by atoms with E-state index in [1.807, 2.05) is 6.92 Å². The lowest BCUT2D eigenvalue weighted by Crippen LogP contribution is -2.02. The molecule has 2 nitrogen and oxygen atoms in total. The standard InChI is InChI=1S/C14H13F3N2S/c1-3-4-11-18-13(7(2)14(20)19-11)8-5-9(15)12(17)10(16)6-8/h5-6H,3-4H2,1-2H3,(H,18,19,20). The topological polar surface area (TPSA) is 28.7 Å². The summed E-state index contributed by atoms with van der Waals surface area (Å²) in [5.41, 5.74) is 1.28. The van der Waals surface area contributed by atoms with Gasteiger partial charge in [-0.05, 0) is 25.5 Å². The van der Waals surface area contributed by atoms with E-state index in [0.29, 0.717) is 28.1 Å². The Hall–Kier alpha value is -1.69. The van der Waals surface area contributed by atoms with Gasteiger partial charge in [0.15, 0.2) is 17.5 Å². The number of hydrogen-bond acceptors (Lipinski definition) is 2. The van der Waals surface area contributed by atoms with Crippen molar-refractivity contribution >= 4 is 12.2 Å². The molecule has 106 valence electrons. The van der Waals surface area contributed by atoms with E-state index in [2.05, 4.69) is 9.97 Å². The molecule has 0 saturated heterocycles. The van der Waals surface area contributed by atoms with Crippen LogP contribution in [-0.4, -0.2) is 9.97 Å². The van der Waals surface area contributed by atoms with Gasteiger partial charge in [-0.3, -0.25) is 0 Å². The Labute approximate surface area is 119 Å². The molecule has 6 heteroatoms. The van der Waals surface area contributed by atoms with Crippen LogP contribution in [0.25, 0.3) is 11.3 Å². The smallest absolute Gasteiger partial charge is 0.194 e. The first-order chi connectivity index (χ1) is 9.43. The first kappa shape index (κ1) is 14.7. The zero-order chi connectivity index (χ0) is 14.9. The maximum Gasteiger partial charge on any atom is 0.194 e. The number of halogens is 3. The Bertz CT molecular complexity index is 687. The lowest BCUT2D eigenvalue weighted by molar-refractivity contribution is 0.447. The molecule has 2 aromatic rings. The van der Waals surface area contributed by atoms with Crippen LogP contribution in [0.3, 0.4) is 0 Å². The molecular formula is C14H13F3N2S. The molecule has 1 aromatic carbocycles. The van der Waals surface area contributed by atoms with Gasteiger partial charge in [0.2, 0.25) is 0 Å².